The van der Waals surface area contributed by atoms with Gasteiger partial charge in [0.25, 0.3) is 0 Å². The van der Waals surface area contributed by atoms with E-state index in [2.05, 4.69) is 35.9 Å². The number of nitrogens with zero attached hydrogens (tertiary/aromatic N) is 2. The third-order valence-corrected chi connectivity index (χ3v) is 2.84. The summed E-state index contributed by atoms with van der Waals surface area (Å²) in [5.41, 5.74) is 0. The van der Waals surface area contributed by atoms with Gasteiger partial charge in [-0.3, -0.25) is 4.90 Å². The first-order valence-corrected chi connectivity index (χ1v) is 5.33. The van der Waals surface area contributed by atoms with Crippen LogP contribution in [0.4, 0.5) is 0 Å². The van der Waals surface area contributed by atoms with Gasteiger partial charge in [0.2, 0.25) is 0 Å². The molecule has 0 aromatic heterocycles. The minimum Gasteiger partial charge on any atom is -0.352 e. The Bertz CT molecular complexity index is 206. The first-order chi connectivity index (χ1) is 6.15. The monoisotopic (exact) mass is 216 g/mol. The number of thiol groups is 1. The minimum absolute atomic E-state index is 0.471. The lowest BCUT2D eigenvalue weighted by atomic mass is 10.2. The Balaban J connectivity index is 2.46. The molecule has 4 heteroatoms. The van der Waals surface area contributed by atoms with Gasteiger partial charge < -0.3 is 4.90 Å². The summed E-state index contributed by atoms with van der Waals surface area (Å²) in [5, 5.41) is 0. The molecule has 1 unspecified atom stereocenters. The van der Waals surface area contributed by atoms with Crippen molar-refractivity contribution in [2.45, 2.75) is 13.0 Å². The van der Waals surface area contributed by atoms with Crippen LogP contribution in [0.25, 0.3) is 0 Å². The van der Waals surface area contributed by atoms with Crippen molar-refractivity contribution in [3.8, 4) is 0 Å². The first-order valence-electron chi connectivity index (χ1n) is 4.48. The molecule has 2 nitrogen and oxygen atoms in total. The molecule has 1 aliphatic heterocycles. The third kappa shape index (κ3) is 2.97. The van der Waals surface area contributed by atoms with Crippen molar-refractivity contribution in [1.29, 1.82) is 0 Å². The summed E-state index contributed by atoms with van der Waals surface area (Å²) in [6.45, 7) is 9.97. The Morgan fingerprint density at radius 2 is 2.38 bits per heavy atom. The van der Waals surface area contributed by atoms with Gasteiger partial charge in [0.05, 0.1) is 0 Å². The quantitative estimate of drug-likeness (QED) is 0.424. The first kappa shape index (κ1) is 11.0. The molecule has 1 rings (SSSR count). The van der Waals surface area contributed by atoms with Crippen LogP contribution in [-0.2, 0) is 0 Å². The Labute approximate surface area is 91.0 Å². The van der Waals surface area contributed by atoms with E-state index in [0.29, 0.717) is 10.4 Å². The fourth-order valence-electron chi connectivity index (χ4n) is 1.67. The fraction of sp³-hybridized carbons (Fsp3) is 0.667. The van der Waals surface area contributed by atoms with Gasteiger partial charge in [-0.25, -0.2) is 0 Å². The molecule has 0 aliphatic carbocycles. The van der Waals surface area contributed by atoms with Gasteiger partial charge in [-0.2, -0.15) is 0 Å². The van der Waals surface area contributed by atoms with Crippen LogP contribution in [0.5, 0.6) is 0 Å². The molecule has 0 saturated carbocycles. The largest absolute Gasteiger partial charge is 0.352 e. The van der Waals surface area contributed by atoms with E-state index >= 15 is 0 Å². The van der Waals surface area contributed by atoms with Crippen LogP contribution >= 0.6 is 24.8 Å². The maximum Gasteiger partial charge on any atom is 0.133 e. The second-order valence-corrected chi connectivity index (χ2v) is 4.49. The molecule has 1 fully saturated rings. The predicted molar refractivity (Wildman–Crippen MR) is 64.4 cm³/mol. The van der Waals surface area contributed by atoms with Crippen LogP contribution < -0.4 is 0 Å². The van der Waals surface area contributed by atoms with Gasteiger partial charge in [0.15, 0.2) is 0 Å². The summed E-state index contributed by atoms with van der Waals surface area (Å²) in [6.07, 6.45) is 1.95. The lowest BCUT2D eigenvalue weighted by Gasteiger charge is -2.39. The molecule has 1 saturated heterocycles. The average molecular weight is 216 g/mol. The molecule has 1 aliphatic rings. The lowest BCUT2D eigenvalue weighted by molar-refractivity contribution is 0.152. The second-order valence-electron chi connectivity index (χ2n) is 3.37. The normalized spacial score (nSPS) is 24.5. The molecule has 0 bridgehead atoms. The summed E-state index contributed by atoms with van der Waals surface area (Å²) >= 11 is 9.25. The average Bonchev–Trinajstić information content (AvgIpc) is 2.04. The molecule has 0 N–H and O–H groups in total. The van der Waals surface area contributed by atoms with Gasteiger partial charge in [-0.1, -0.05) is 18.3 Å². The van der Waals surface area contributed by atoms with E-state index in [4.69, 9.17) is 12.2 Å². The Hall–Kier alpha value is -0.0600. The molecule has 1 atom stereocenters. The topological polar surface area (TPSA) is 6.48 Å². The van der Waals surface area contributed by atoms with Gasteiger partial charge in [-0.05, 0) is 6.92 Å². The molecular formula is C9H16N2S2. The van der Waals surface area contributed by atoms with Crippen molar-refractivity contribution in [3.63, 3.8) is 0 Å². The van der Waals surface area contributed by atoms with Gasteiger partial charge in [0, 0.05) is 32.2 Å². The maximum absolute atomic E-state index is 5.05. The zero-order valence-electron chi connectivity index (χ0n) is 7.94. The molecule has 13 heavy (non-hydrogen) atoms. The number of thiocarbonyl (C=S) groups is 1. The number of rotatable bonds is 2. The van der Waals surface area contributed by atoms with E-state index < -0.39 is 0 Å². The molecule has 1 heterocycles. The smallest absolute Gasteiger partial charge is 0.133 e. The summed E-state index contributed by atoms with van der Waals surface area (Å²) < 4.78 is 0.714. The van der Waals surface area contributed by atoms with Gasteiger partial charge in [-0.15, -0.1) is 19.2 Å². The van der Waals surface area contributed by atoms with Crippen LogP contribution in [0.15, 0.2) is 12.7 Å². The van der Waals surface area contributed by atoms with Gasteiger partial charge in [0.1, 0.15) is 4.32 Å². The van der Waals surface area contributed by atoms with E-state index in [0.717, 1.165) is 26.2 Å². The van der Waals surface area contributed by atoms with Crippen LogP contribution in [0.1, 0.15) is 6.92 Å². The van der Waals surface area contributed by atoms with Crippen LogP contribution in [0.3, 0.4) is 0 Å². The Kier molecular flexibility index (Phi) is 4.22. The SMILES string of the molecule is C=CCN1CCN(C(=S)S)C(C)C1. The van der Waals surface area contributed by atoms with Crippen LogP contribution in [0.2, 0.25) is 0 Å². The van der Waals surface area contributed by atoms with Crippen molar-refractivity contribution < 1.29 is 0 Å². The zero-order chi connectivity index (χ0) is 9.84. The summed E-state index contributed by atoms with van der Waals surface area (Å²) in [5.74, 6) is 0. The van der Waals surface area contributed by atoms with E-state index in [1.54, 1.807) is 0 Å². The second kappa shape index (κ2) is 4.98. The van der Waals surface area contributed by atoms with Crippen molar-refractivity contribution in [3.05, 3.63) is 12.7 Å². The highest BCUT2D eigenvalue weighted by Crippen LogP contribution is 2.11. The Morgan fingerprint density at radius 1 is 1.69 bits per heavy atom. The van der Waals surface area contributed by atoms with E-state index in [1.165, 1.54) is 0 Å². The predicted octanol–water partition coefficient (Wildman–Crippen LogP) is 1.39. The van der Waals surface area contributed by atoms with E-state index in [9.17, 15) is 0 Å². The highest BCUT2D eigenvalue weighted by Gasteiger charge is 2.22. The van der Waals surface area contributed by atoms with Crippen LogP contribution in [0, 0.1) is 0 Å². The third-order valence-electron chi connectivity index (χ3n) is 2.34. The highest BCUT2D eigenvalue weighted by atomic mass is 32.1. The lowest BCUT2D eigenvalue weighted by Crippen LogP contribution is -2.52. The molecule has 74 valence electrons. The molecule has 0 aromatic carbocycles. The Morgan fingerprint density at radius 3 is 2.85 bits per heavy atom. The van der Waals surface area contributed by atoms with Gasteiger partial charge >= 0.3 is 0 Å². The standard InChI is InChI=1S/C9H16N2S2/c1-3-4-10-5-6-11(9(12)13)8(2)7-10/h3,8H,1,4-7H2,2H3,(H,12,13). The highest BCUT2D eigenvalue weighted by molar-refractivity contribution is 8.10. The van der Waals surface area contributed by atoms with Crippen molar-refractivity contribution in [2.75, 3.05) is 26.2 Å². The van der Waals surface area contributed by atoms with Crippen LogP contribution in [-0.4, -0.2) is 46.3 Å². The summed E-state index contributed by atoms with van der Waals surface area (Å²) in [4.78, 5) is 4.54. The number of hydrogen-bond donors (Lipinski definition) is 1. The summed E-state index contributed by atoms with van der Waals surface area (Å²) in [7, 11) is 0. The number of piperazine rings is 1. The molecule has 0 spiro atoms. The number of hydrogen-bond acceptors (Lipinski definition) is 2. The molecule has 0 radical (unpaired) electrons. The summed E-state index contributed by atoms with van der Waals surface area (Å²) in [6, 6.07) is 0.471. The van der Waals surface area contributed by atoms with E-state index in [1.807, 2.05) is 6.08 Å². The van der Waals surface area contributed by atoms with Crippen molar-refractivity contribution >= 4 is 29.2 Å². The molecular weight excluding hydrogens is 200 g/mol. The maximum atomic E-state index is 5.05. The van der Waals surface area contributed by atoms with E-state index in [-0.39, 0.29) is 0 Å². The molecule has 0 amide bonds. The fourth-order valence-corrected chi connectivity index (χ4v) is 2.23. The zero-order valence-corrected chi connectivity index (χ0v) is 9.65. The minimum atomic E-state index is 0.471. The van der Waals surface area contributed by atoms with Crippen molar-refractivity contribution in [2.24, 2.45) is 0 Å². The molecule has 0 aromatic rings. The van der Waals surface area contributed by atoms with Crippen molar-refractivity contribution in [1.82, 2.24) is 9.80 Å².